The van der Waals surface area contributed by atoms with Gasteiger partial charge >= 0.3 is 0 Å². The fourth-order valence-corrected chi connectivity index (χ4v) is 3.66. The van der Waals surface area contributed by atoms with Crippen molar-refractivity contribution in [3.63, 3.8) is 0 Å². The van der Waals surface area contributed by atoms with Gasteiger partial charge in [-0.05, 0) is 0 Å². The zero-order chi connectivity index (χ0) is 11.6. The second kappa shape index (κ2) is 4.82. The molecular formula is C12H24N2O3+2. The molecule has 98 valence electrons. The van der Waals surface area contributed by atoms with Gasteiger partial charge in [-0.3, -0.25) is 0 Å². The van der Waals surface area contributed by atoms with Crippen LogP contribution < -0.4 is 0 Å². The van der Waals surface area contributed by atoms with Crippen LogP contribution in [0.1, 0.15) is 0 Å². The third kappa shape index (κ3) is 2.00. The lowest BCUT2D eigenvalue weighted by molar-refractivity contribution is -1.49. The second-order valence-corrected chi connectivity index (χ2v) is 5.37. The zero-order valence-electron chi connectivity index (χ0n) is 10.6. The predicted octanol–water partition coefficient (Wildman–Crippen LogP) is -0.374. The highest BCUT2D eigenvalue weighted by Crippen LogP contribution is 2.28. The number of hydrogen-bond donors (Lipinski definition) is 0. The Labute approximate surface area is 103 Å². The van der Waals surface area contributed by atoms with Gasteiger partial charge in [-0.2, -0.15) is 9.18 Å². The summed E-state index contributed by atoms with van der Waals surface area (Å²) in [7, 11) is 0. The van der Waals surface area contributed by atoms with Crippen LogP contribution in [0.15, 0.2) is 0 Å². The van der Waals surface area contributed by atoms with Gasteiger partial charge in [0.1, 0.15) is 78.9 Å². The standard InChI is InChI=1S/C12H24N2O3/c1-7-15-8-2-13(1)5-11-17-12-6-14(13)3-9-16-10-4-14/h1-12H2/q+2. The molecule has 0 N–H and O–H groups in total. The minimum Gasteiger partial charge on any atom is -0.369 e. The maximum atomic E-state index is 5.74. The molecule has 3 rings (SSSR count). The fraction of sp³-hybridized carbons (Fsp3) is 1.00. The molecule has 0 unspecified atom stereocenters. The van der Waals surface area contributed by atoms with Crippen LogP contribution in [0.2, 0.25) is 0 Å². The van der Waals surface area contributed by atoms with Crippen molar-refractivity contribution < 1.29 is 23.4 Å². The summed E-state index contributed by atoms with van der Waals surface area (Å²) >= 11 is 0. The zero-order valence-corrected chi connectivity index (χ0v) is 10.6. The van der Waals surface area contributed by atoms with E-state index in [1.165, 1.54) is 9.18 Å². The molecule has 3 heterocycles. The van der Waals surface area contributed by atoms with Crippen molar-refractivity contribution >= 4 is 0 Å². The lowest BCUT2D eigenvalue weighted by Gasteiger charge is -2.54. The average Bonchev–Trinajstić information content (AvgIpc) is 2.54. The first-order valence-corrected chi connectivity index (χ1v) is 6.83. The first kappa shape index (κ1) is 11.9. The molecule has 0 saturated carbocycles. The Hall–Kier alpha value is -0.200. The van der Waals surface area contributed by atoms with Gasteiger partial charge in [-0.1, -0.05) is 0 Å². The van der Waals surface area contributed by atoms with Gasteiger partial charge in [0, 0.05) is 0 Å². The van der Waals surface area contributed by atoms with Crippen molar-refractivity contribution in [2.24, 2.45) is 0 Å². The van der Waals surface area contributed by atoms with Crippen molar-refractivity contribution in [1.82, 2.24) is 0 Å². The number of hydrogen-bond acceptors (Lipinski definition) is 3. The molecule has 17 heavy (non-hydrogen) atoms. The van der Waals surface area contributed by atoms with E-state index in [9.17, 15) is 0 Å². The molecular weight excluding hydrogens is 220 g/mol. The lowest BCUT2D eigenvalue weighted by atomic mass is 10.3. The molecule has 3 fully saturated rings. The van der Waals surface area contributed by atoms with E-state index in [0.717, 1.165) is 78.9 Å². The van der Waals surface area contributed by atoms with Gasteiger partial charge in [0.15, 0.2) is 0 Å². The smallest absolute Gasteiger partial charge is 0.146 e. The Morgan fingerprint density at radius 1 is 0.412 bits per heavy atom. The number of rotatable bonds is 0. The molecule has 0 aliphatic carbocycles. The Bertz CT molecular complexity index is 234. The largest absolute Gasteiger partial charge is 0.369 e. The monoisotopic (exact) mass is 244 g/mol. The summed E-state index contributed by atoms with van der Waals surface area (Å²) < 4.78 is 19.2. The summed E-state index contributed by atoms with van der Waals surface area (Å²) in [5.74, 6) is 0. The summed E-state index contributed by atoms with van der Waals surface area (Å²) in [4.78, 5) is 0. The van der Waals surface area contributed by atoms with Crippen LogP contribution in [0.5, 0.6) is 0 Å². The molecule has 3 aliphatic rings. The Morgan fingerprint density at radius 3 is 0.882 bits per heavy atom. The van der Waals surface area contributed by atoms with E-state index in [1.807, 2.05) is 0 Å². The van der Waals surface area contributed by atoms with E-state index in [4.69, 9.17) is 14.2 Å². The van der Waals surface area contributed by atoms with Crippen LogP contribution in [0.4, 0.5) is 0 Å². The third-order valence-electron chi connectivity index (χ3n) is 4.81. The van der Waals surface area contributed by atoms with Gasteiger partial charge in [-0.25, -0.2) is 0 Å². The first-order chi connectivity index (χ1) is 8.37. The molecule has 0 radical (unpaired) electrons. The maximum absolute atomic E-state index is 5.74. The number of fused-ring (bicyclic) bond motifs is 1. The fourth-order valence-electron chi connectivity index (χ4n) is 3.66. The topological polar surface area (TPSA) is 27.7 Å². The summed E-state index contributed by atoms with van der Waals surface area (Å²) in [6, 6.07) is 0. The third-order valence-corrected chi connectivity index (χ3v) is 4.81. The van der Waals surface area contributed by atoms with Gasteiger partial charge in [0.25, 0.3) is 0 Å². The molecule has 0 amide bonds. The average molecular weight is 244 g/mol. The Kier molecular flexibility index (Phi) is 3.36. The minimum absolute atomic E-state index is 0.904. The Morgan fingerprint density at radius 2 is 0.647 bits per heavy atom. The molecule has 0 aromatic heterocycles. The molecule has 5 nitrogen and oxygen atoms in total. The molecule has 3 saturated heterocycles. The van der Waals surface area contributed by atoms with E-state index >= 15 is 0 Å². The predicted molar refractivity (Wildman–Crippen MR) is 62.2 cm³/mol. The van der Waals surface area contributed by atoms with E-state index in [-0.39, 0.29) is 0 Å². The SMILES string of the molecule is C1C[N+]2(CCO1)CCOCC[N+]21CCOCC1. The van der Waals surface area contributed by atoms with Crippen molar-refractivity contribution in [3.05, 3.63) is 0 Å². The highest BCUT2D eigenvalue weighted by atomic mass is 16.5. The van der Waals surface area contributed by atoms with Crippen LogP contribution in [0, 0.1) is 0 Å². The number of quaternary nitrogens is 2. The molecule has 5 heteroatoms. The van der Waals surface area contributed by atoms with Gasteiger partial charge in [0.2, 0.25) is 0 Å². The molecule has 3 aliphatic heterocycles. The van der Waals surface area contributed by atoms with E-state index in [0.29, 0.717) is 0 Å². The molecule has 0 aromatic carbocycles. The summed E-state index contributed by atoms with van der Waals surface area (Å²) in [5.41, 5.74) is 0. The molecule has 2 spiro atoms. The van der Waals surface area contributed by atoms with E-state index in [2.05, 4.69) is 0 Å². The number of nitrogens with zero attached hydrogens (tertiary/aromatic N) is 2. The van der Waals surface area contributed by atoms with Crippen LogP contribution >= 0.6 is 0 Å². The van der Waals surface area contributed by atoms with Crippen molar-refractivity contribution in [3.8, 4) is 0 Å². The molecule has 0 aromatic rings. The second-order valence-electron chi connectivity index (χ2n) is 5.37. The van der Waals surface area contributed by atoms with Crippen LogP contribution in [0.25, 0.3) is 0 Å². The lowest BCUT2D eigenvalue weighted by Crippen LogP contribution is -2.78. The van der Waals surface area contributed by atoms with E-state index in [1.54, 1.807) is 0 Å². The number of morpholine rings is 2. The van der Waals surface area contributed by atoms with Crippen molar-refractivity contribution in [2.45, 2.75) is 0 Å². The van der Waals surface area contributed by atoms with Crippen molar-refractivity contribution in [2.75, 3.05) is 78.9 Å². The van der Waals surface area contributed by atoms with Crippen LogP contribution in [-0.2, 0) is 14.2 Å². The Balaban J connectivity index is 1.88. The molecule has 0 bridgehead atoms. The van der Waals surface area contributed by atoms with Crippen LogP contribution in [0.3, 0.4) is 0 Å². The number of ether oxygens (including phenoxy) is 3. The van der Waals surface area contributed by atoms with Crippen LogP contribution in [-0.4, -0.2) is 88.1 Å². The maximum Gasteiger partial charge on any atom is 0.146 e. The summed E-state index contributed by atoms with van der Waals surface area (Å²) in [6.45, 7) is 12.3. The van der Waals surface area contributed by atoms with E-state index < -0.39 is 0 Å². The summed E-state index contributed by atoms with van der Waals surface area (Å²) in [5, 5.41) is 0. The van der Waals surface area contributed by atoms with Crippen molar-refractivity contribution in [1.29, 1.82) is 0 Å². The van der Waals surface area contributed by atoms with Gasteiger partial charge < -0.3 is 14.2 Å². The first-order valence-electron chi connectivity index (χ1n) is 6.83. The summed E-state index contributed by atoms with van der Waals surface area (Å²) in [6.07, 6.45) is 0. The normalized spacial score (nSPS) is 32.5. The highest BCUT2D eigenvalue weighted by molar-refractivity contribution is 4.53. The molecule has 0 atom stereocenters. The quantitative estimate of drug-likeness (QED) is 0.544. The van der Waals surface area contributed by atoms with Gasteiger partial charge in [0.05, 0.1) is 0 Å². The highest BCUT2D eigenvalue weighted by Gasteiger charge is 2.53. The minimum atomic E-state index is 0.904. The van der Waals surface area contributed by atoms with Gasteiger partial charge in [-0.15, -0.1) is 0 Å².